The predicted octanol–water partition coefficient (Wildman–Crippen LogP) is 2.36. The van der Waals surface area contributed by atoms with Gasteiger partial charge in [-0.05, 0) is 23.8 Å². The molecule has 1 saturated carbocycles. The Balaban J connectivity index is 2.07. The summed E-state index contributed by atoms with van der Waals surface area (Å²) in [7, 11) is 0. The Bertz CT molecular complexity index is 485. The van der Waals surface area contributed by atoms with Gasteiger partial charge in [-0.25, -0.2) is 4.79 Å². The number of carboxylic acid groups (broad SMARTS) is 1. The third kappa shape index (κ3) is 2.78. The van der Waals surface area contributed by atoms with E-state index in [9.17, 15) is 14.7 Å². The number of nitrogens with one attached hydrogen (secondary N) is 1. The van der Waals surface area contributed by atoms with Gasteiger partial charge in [-0.3, -0.25) is 4.79 Å². The molecule has 0 bridgehead atoms. The maximum Gasteiger partial charge on any atom is 0.330 e. The normalized spacial score (nSPS) is 26.5. The SMILES string of the molecule is CCC1(C)CC1C(=O)N[C@@H](C(=O)O)c1ccccc1. The van der Waals surface area contributed by atoms with Crippen molar-refractivity contribution in [2.24, 2.45) is 11.3 Å². The number of carboxylic acids is 1. The van der Waals surface area contributed by atoms with E-state index in [2.05, 4.69) is 19.2 Å². The summed E-state index contributed by atoms with van der Waals surface area (Å²) in [6.45, 7) is 4.12. The summed E-state index contributed by atoms with van der Waals surface area (Å²) in [4.78, 5) is 23.4. The molecule has 4 nitrogen and oxygen atoms in total. The predicted molar refractivity (Wildman–Crippen MR) is 71.5 cm³/mol. The van der Waals surface area contributed by atoms with Crippen LogP contribution in [0.1, 0.15) is 38.3 Å². The molecular weight excluding hydrogens is 242 g/mol. The van der Waals surface area contributed by atoms with E-state index in [4.69, 9.17) is 0 Å². The van der Waals surface area contributed by atoms with Crippen molar-refractivity contribution in [1.29, 1.82) is 0 Å². The molecule has 2 unspecified atom stereocenters. The molecule has 3 atom stereocenters. The second-order valence-electron chi connectivity index (χ2n) is 5.45. The molecule has 0 spiro atoms. The van der Waals surface area contributed by atoms with Crippen LogP contribution in [0.25, 0.3) is 0 Å². The Labute approximate surface area is 112 Å². The molecule has 1 aromatic carbocycles. The van der Waals surface area contributed by atoms with E-state index in [1.807, 2.05) is 6.07 Å². The van der Waals surface area contributed by atoms with Gasteiger partial charge in [-0.1, -0.05) is 44.2 Å². The summed E-state index contributed by atoms with van der Waals surface area (Å²) < 4.78 is 0. The molecular formula is C15H19NO3. The average Bonchev–Trinajstić information content (AvgIpc) is 3.09. The third-order valence-electron chi connectivity index (χ3n) is 4.14. The van der Waals surface area contributed by atoms with E-state index in [1.165, 1.54) is 0 Å². The lowest BCUT2D eigenvalue weighted by Gasteiger charge is -2.16. The van der Waals surface area contributed by atoms with Crippen molar-refractivity contribution in [2.45, 2.75) is 32.7 Å². The van der Waals surface area contributed by atoms with Gasteiger partial charge in [0.05, 0.1) is 0 Å². The van der Waals surface area contributed by atoms with Gasteiger partial charge in [0.25, 0.3) is 0 Å². The lowest BCUT2D eigenvalue weighted by Crippen LogP contribution is -2.35. The zero-order valence-corrected chi connectivity index (χ0v) is 11.2. The number of carbonyl (C=O) groups excluding carboxylic acids is 1. The fraction of sp³-hybridized carbons (Fsp3) is 0.467. The van der Waals surface area contributed by atoms with Crippen LogP contribution in [0.5, 0.6) is 0 Å². The molecule has 4 heteroatoms. The van der Waals surface area contributed by atoms with Crippen LogP contribution in [0.15, 0.2) is 30.3 Å². The van der Waals surface area contributed by atoms with Crippen molar-refractivity contribution in [1.82, 2.24) is 5.32 Å². The van der Waals surface area contributed by atoms with Crippen LogP contribution < -0.4 is 5.32 Å². The molecule has 19 heavy (non-hydrogen) atoms. The molecule has 1 aliphatic carbocycles. The molecule has 102 valence electrons. The van der Waals surface area contributed by atoms with Gasteiger partial charge in [-0.15, -0.1) is 0 Å². The monoisotopic (exact) mass is 261 g/mol. The Morgan fingerprint density at radius 2 is 2.05 bits per heavy atom. The second-order valence-corrected chi connectivity index (χ2v) is 5.45. The Kier molecular flexibility index (Phi) is 3.60. The van der Waals surface area contributed by atoms with E-state index in [0.29, 0.717) is 5.56 Å². The zero-order chi connectivity index (χ0) is 14.0. The van der Waals surface area contributed by atoms with E-state index in [1.54, 1.807) is 24.3 Å². The second kappa shape index (κ2) is 5.03. The van der Waals surface area contributed by atoms with Crippen LogP contribution in [-0.4, -0.2) is 17.0 Å². The number of carbonyl (C=O) groups is 2. The van der Waals surface area contributed by atoms with Crippen LogP contribution in [0, 0.1) is 11.3 Å². The number of aliphatic carboxylic acids is 1. The Morgan fingerprint density at radius 1 is 1.42 bits per heavy atom. The van der Waals surface area contributed by atoms with Gasteiger partial charge in [-0.2, -0.15) is 0 Å². The van der Waals surface area contributed by atoms with Crippen LogP contribution >= 0.6 is 0 Å². The standard InChI is InChI=1S/C15H19NO3/c1-3-15(2)9-11(15)13(17)16-12(14(18)19)10-7-5-4-6-8-10/h4-8,11-12H,3,9H2,1-2H3,(H,16,17)(H,18,19)/t11?,12-,15?/m1/s1. The number of amides is 1. The van der Waals surface area contributed by atoms with Crippen molar-refractivity contribution in [2.75, 3.05) is 0 Å². The number of hydrogen-bond acceptors (Lipinski definition) is 2. The number of hydrogen-bond donors (Lipinski definition) is 2. The van der Waals surface area contributed by atoms with Gasteiger partial charge < -0.3 is 10.4 Å². The first kappa shape index (κ1) is 13.6. The summed E-state index contributed by atoms with van der Waals surface area (Å²) >= 11 is 0. The van der Waals surface area contributed by atoms with Gasteiger partial charge in [0.15, 0.2) is 6.04 Å². The molecule has 0 heterocycles. The minimum absolute atomic E-state index is 0.0455. The molecule has 2 rings (SSSR count). The molecule has 1 aromatic rings. The average molecular weight is 261 g/mol. The quantitative estimate of drug-likeness (QED) is 0.855. The first-order chi connectivity index (χ1) is 8.98. The highest BCUT2D eigenvalue weighted by Gasteiger charge is 2.53. The number of rotatable bonds is 5. The Morgan fingerprint density at radius 3 is 2.53 bits per heavy atom. The highest BCUT2D eigenvalue weighted by molar-refractivity contribution is 5.88. The maximum absolute atomic E-state index is 12.1. The summed E-state index contributed by atoms with van der Waals surface area (Å²) in [5.74, 6) is -1.23. The molecule has 0 aromatic heterocycles. The molecule has 0 radical (unpaired) electrons. The van der Waals surface area contributed by atoms with Crippen LogP contribution in [0.3, 0.4) is 0 Å². The number of benzene rings is 1. The van der Waals surface area contributed by atoms with Crippen molar-refractivity contribution >= 4 is 11.9 Å². The van der Waals surface area contributed by atoms with Crippen molar-refractivity contribution in [3.8, 4) is 0 Å². The summed E-state index contributed by atoms with van der Waals surface area (Å²) in [5.41, 5.74) is 0.645. The van der Waals surface area contributed by atoms with Gasteiger partial charge in [0.2, 0.25) is 5.91 Å². The third-order valence-corrected chi connectivity index (χ3v) is 4.14. The minimum atomic E-state index is -1.03. The van der Waals surface area contributed by atoms with E-state index >= 15 is 0 Å². The Hall–Kier alpha value is -1.84. The molecule has 1 amide bonds. The molecule has 1 aliphatic rings. The minimum Gasteiger partial charge on any atom is -0.479 e. The topological polar surface area (TPSA) is 66.4 Å². The molecule has 2 N–H and O–H groups in total. The van der Waals surface area contributed by atoms with E-state index in [-0.39, 0.29) is 17.2 Å². The molecule has 0 saturated heterocycles. The summed E-state index contributed by atoms with van der Waals surface area (Å²) in [6, 6.07) is 7.82. The smallest absolute Gasteiger partial charge is 0.330 e. The van der Waals surface area contributed by atoms with Crippen molar-refractivity contribution < 1.29 is 14.7 Å². The van der Waals surface area contributed by atoms with E-state index < -0.39 is 12.0 Å². The maximum atomic E-state index is 12.1. The zero-order valence-electron chi connectivity index (χ0n) is 11.2. The van der Waals surface area contributed by atoms with Crippen molar-refractivity contribution in [3.63, 3.8) is 0 Å². The molecule has 0 aliphatic heterocycles. The lowest BCUT2D eigenvalue weighted by atomic mass is 10.0. The fourth-order valence-electron chi connectivity index (χ4n) is 2.38. The van der Waals surface area contributed by atoms with Gasteiger partial charge in [0.1, 0.15) is 0 Å². The first-order valence-electron chi connectivity index (χ1n) is 6.56. The van der Waals surface area contributed by atoms with Gasteiger partial charge >= 0.3 is 5.97 Å². The fourth-order valence-corrected chi connectivity index (χ4v) is 2.38. The van der Waals surface area contributed by atoms with Crippen LogP contribution in [-0.2, 0) is 9.59 Å². The lowest BCUT2D eigenvalue weighted by molar-refractivity contribution is -0.142. The summed E-state index contributed by atoms with van der Waals surface area (Å²) in [5, 5.41) is 11.9. The summed E-state index contributed by atoms with van der Waals surface area (Å²) in [6.07, 6.45) is 1.78. The largest absolute Gasteiger partial charge is 0.479 e. The van der Waals surface area contributed by atoms with Crippen LogP contribution in [0.4, 0.5) is 0 Å². The highest BCUT2D eigenvalue weighted by Crippen LogP contribution is 2.54. The highest BCUT2D eigenvalue weighted by atomic mass is 16.4. The first-order valence-corrected chi connectivity index (χ1v) is 6.56. The van der Waals surface area contributed by atoms with Crippen molar-refractivity contribution in [3.05, 3.63) is 35.9 Å². The van der Waals surface area contributed by atoms with E-state index in [0.717, 1.165) is 12.8 Å². The van der Waals surface area contributed by atoms with Crippen LogP contribution in [0.2, 0.25) is 0 Å². The molecule has 1 fully saturated rings. The van der Waals surface area contributed by atoms with Gasteiger partial charge in [0, 0.05) is 5.92 Å².